The van der Waals surface area contributed by atoms with Crippen molar-refractivity contribution in [2.24, 2.45) is 11.8 Å². The standard InChI is InChI=1S/C13H16ClN3O2/c14-12-3-9(4-15)5-16-13(12)17-2-1-10(6-17)11(7-18)8-19/h3,5,10-11,18-19H,1-2,6-8H2/t10-/m1/s1. The smallest absolute Gasteiger partial charge is 0.147 e. The third kappa shape index (κ3) is 2.98. The number of halogens is 1. The molecule has 2 N–H and O–H groups in total. The SMILES string of the molecule is N#Cc1cnc(N2CC[C@@H](C(CO)CO)C2)c(Cl)c1. The number of anilines is 1. The van der Waals surface area contributed by atoms with Crippen LogP contribution < -0.4 is 4.90 Å². The van der Waals surface area contributed by atoms with Gasteiger partial charge in [-0.15, -0.1) is 0 Å². The molecule has 0 bridgehead atoms. The molecule has 0 amide bonds. The molecule has 1 fully saturated rings. The Hall–Kier alpha value is -1.35. The molecule has 102 valence electrons. The lowest BCUT2D eigenvalue weighted by Gasteiger charge is -2.21. The van der Waals surface area contributed by atoms with E-state index in [1.54, 1.807) is 6.07 Å². The zero-order valence-electron chi connectivity index (χ0n) is 10.5. The van der Waals surface area contributed by atoms with Crippen molar-refractivity contribution in [3.63, 3.8) is 0 Å². The molecule has 0 unspecified atom stereocenters. The van der Waals surface area contributed by atoms with Gasteiger partial charge in [0.2, 0.25) is 0 Å². The first-order valence-corrected chi connectivity index (χ1v) is 6.59. The molecule has 0 aromatic carbocycles. The summed E-state index contributed by atoms with van der Waals surface area (Å²) in [5.41, 5.74) is 0.438. The summed E-state index contributed by atoms with van der Waals surface area (Å²) >= 11 is 6.13. The van der Waals surface area contributed by atoms with E-state index in [0.717, 1.165) is 13.0 Å². The average molecular weight is 282 g/mol. The lowest BCUT2D eigenvalue weighted by atomic mass is 9.93. The lowest BCUT2D eigenvalue weighted by molar-refractivity contribution is 0.113. The summed E-state index contributed by atoms with van der Waals surface area (Å²) in [5, 5.41) is 27.7. The number of nitriles is 1. The van der Waals surface area contributed by atoms with Gasteiger partial charge in [-0.3, -0.25) is 0 Å². The Balaban J connectivity index is 2.11. The van der Waals surface area contributed by atoms with E-state index in [4.69, 9.17) is 16.9 Å². The summed E-state index contributed by atoms with van der Waals surface area (Å²) in [6, 6.07) is 3.60. The number of aliphatic hydroxyl groups excluding tert-OH is 2. The van der Waals surface area contributed by atoms with Crippen LogP contribution in [0.3, 0.4) is 0 Å². The molecule has 2 rings (SSSR count). The number of aliphatic hydroxyl groups is 2. The van der Waals surface area contributed by atoms with E-state index in [9.17, 15) is 10.2 Å². The number of rotatable bonds is 4. The molecule has 1 aromatic heterocycles. The highest BCUT2D eigenvalue weighted by Crippen LogP contribution is 2.31. The van der Waals surface area contributed by atoms with Gasteiger partial charge in [-0.05, 0) is 18.4 Å². The van der Waals surface area contributed by atoms with Crippen LogP contribution in [0.5, 0.6) is 0 Å². The number of nitrogens with zero attached hydrogens (tertiary/aromatic N) is 3. The zero-order chi connectivity index (χ0) is 13.8. The van der Waals surface area contributed by atoms with E-state index < -0.39 is 0 Å². The van der Waals surface area contributed by atoms with Gasteiger partial charge >= 0.3 is 0 Å². The van der Waals surface area contributed by atoms with Crippen LogP contribution in [0.4, 0.5) is 5.82 Å². The minimum Gasteiger partial charge on any atom is -0.396 e. The number of hydrogen-bond acceptors (Lipinski definition) is 5. The van der Waals surface area contributed by atoms with Crippen molar-refractivity contribution in [1.29, 1.82) is 5.26 Å². The molecule has 1 aromatic rings. The van der Waals surface area contributed by atoms with Gasteiger partial charge in [0.25, 0.3) is 0 Å². The quantitative estimate of drug-likeness (QED) is 0.862. The first kappa shape index (κ1) is 14.1. The van der Waals surface area contributed by atoms with Gasteiger partial charge in [0.05, 0.1) is 10.6 Å². The van der Waals surface area contributed by atoms with E-state index in [2.05, 4.69) is 4.98 Å². The van der Waals surface area contributed by atoms with E-state index >= 15 is 0 Å². The normalized spacial score (nSPS) is 18.9. The summed E-state index contributed by atoms with van der Waals surface area (Å²) < 4.78 is 0. The van der Waals surface area contributed by atoms with Gasteiger partial charge in [0, 0.05) is 38.4 Å². The second kappa shape index (κ2) is 6.20. The highest BCUT2D eigenvalue weighted by atomic mass is 35.5. The lowest BCUT2D eigenvalue weighted by Crippen LogP contribution is -2.27. The summed E-state index contributed by atoms with van der Waals surface area (Å²) in [6.45, 7) is 1.48. The predicted octanol–water partition coefficient (Wildman–Crippen LogP) is 1.03. The Morgan fingerprint density at radius 2 is 2.26 bits per heavy atom. The monoisotopic (exact) mass is 281 g/mol. The molecule has 0 aliphatic carbocycles. The predicted molar refractivity (Wildman–Crippen MR) is 71.9 cm³/mol. The second-order valence-electron chi connectivity index (χ2n) is 4.76. The highest BCUT2D eigenvalue weighted by molar-refractivity contribution is 6.33. The van der Waals surface area contributed by atoms with Crippen molar-refractivity contribution >= 4 is 17.4 Å². The van der Waals surface area contributed by atoms with E-state index in [0.29, 0.717) is 22.9 Å². The molecule has 19 heavy (non-hydrogen) atoms. The van der Waals surface area contributed by atoms with E-state index in [1.807, 2.05) is 11.0 Å². The van der Waals surface area contributed by atoms with Crippen molar-refractivity contribution in [1.82, 2.24) is 4.98 Å². The fraction of sp³-hybridized carbons (Fsp3) is 0.538. The van der Waals surface area contributed by atoms with E-state index in [1.165, 1.54) is 6.20 Å². The molecule has 0 saturated carbocycles. The molecule has 5 nitrogen and oxygen atoms in total. The zero-order valence-corrected chi connectivity index (χ0v) is 11.2. The van der Waals surface area contributed by atoms with Crippen molar-refractivity contribution in [2.45, 2.75) is 6.42 Å². The van der Waals surface area contributed by atoms with Crippen LogP contribution in [0, 0.1) is 23.2 Å². The van der Waals surface area contributed by atoms with Crippen molar-refractivity contribution in [2.75, 3.05) is 31.2 Å². The van der Waals surface area contributed by atoms with Gasteiger partial charge in [0.1, 0.15) is 11.9 Å². The largest absolute Gasteiger partial charge is 0.396 e. The summed E-state index contributed by atoms with van der Waals surface area (Å²) in [4.78, 5) is 6.26. The van der Waals surface area contributed by atoms with Gasteiger partial charge < -0.3 is 15.1 Å². The topological polar surface area (TPSA) is 80.4 Å². The van der Waals surface area contributed by atoms with Crippen LogP contribution >= 0.6 is 11.6 Å². The minimum atomic E-state index is -0.0952. The summed E-state index contributed by atoms with van der Waals surface area (Å²) in [5.74, 6) is 0.809. The van der Waals surface area contributed by atoms with Crippen LogP contribution in [0.15, 0.2) is 12.3 Å². The van der Waals surface area contributed by atoms with Crippen LogP contribution in [-0.2, 0) is 0 Å². The molecule has 1 aliphatic heterocycles. The Bertz CT molecular complexity index is 485. The number of aromatic nitrogens is 1. The minimum absolute atomic E-state index is 0.0104. The number of pyridine rings is 1. The Kier molecular flexibility index (Phi) is 4.59. The Morgan fingerprint density at radius 3 is 2.84 bits per heavy atom. The Morgan fingerprint density at radius 1 is 1.53 bits per heavy atom. The molecule has 1 aliphatic rings. The third-order valence-electron chi connectivity index (χ3n) is 3.61. The van der Waals surface area contributed by atoms with Crippen molar-refractivity contribution in [3.05, 3.63) is 22.8 Å². The molecule has 2 heterocycles. The average Bonchev–Trinajstić information content (AvgIpc) is 2.89. The molecule has 0 spiro atoms. The maximum Gasteiger partial charge on any atom is 0.147 e. The maximum absolute atomic E-state index is 9.21. The Labute approximate surface area is 117 Å². The van der Waals surface area contributed by atoms with Crippen LogP contribution in [-0.4, -0.2) is 41.5 Å². The third-order valence-corrected chi connectivity index (χ3v) is 3.89. The molecular formula is C13H16ClN3O2. The molecule has 1 saturated heterocycles. The molecule has 1 atom stereocenters. The first-order valence-electron chi connectivity index (χ1n) is 6.22. The number of hydrogen-bond donors (Lipinski definition) is 2. The van der Waals surface area contributed by atoms with Crippen LogP contribution in [0.25, 0.3) is 0 Å². The fourth-order valence-corrected chi connectivity index (χ4v) is 2.73. The maximum atomic E-state index is 9.21. The van der Waals surface area contributed by atoms with Crippen LogP contribution in [0.1, 0.15) is 12.0 Å². The van der Waals surface area contributed by atoms with E-state index in [-0.39, 0.29) is 25.0 Å². The highest BCUT2D eigenvalue weighted by Gasteiger charge is 2.30. The van der Waals surface area contributed by atoms with Gasteiger partial charge in [-0.25, -0.2) is 4.98 Å². The van der Waals surface area contributed by atoms with Gasteiger partial charge in [-0.1, -0.05) is 11.6 Å². The van der Waals surface area contributed by atoms with Crippen LogP contribution in [0.2, 0.25) is 5.02 Å². The second-order valence-corrected chi connectivity index (χ2v) is 5.17. The summed E-state index contributed by atoms with van der Waals surface area (Å²) in [6.07, 6.45) is 2.40. The van der Waals surface area contributed by atoms with Crippen molar-refractivity contribution in [3.8, 4) is 6.07 Å². The first-order chi connectivity index (χ1) is 9.19. The summed E-state index contributed by atoms with van der Waals surface area (Å²) in [7, 11) is 0. The fourth-order valence-electron chi connectivity index (χ4n) is 2.44. The molecule has 0 radical (unpaired) electrons. The molecular weight excluding hydrogens is 266 g/mol. The van der Waals surface area contributed by atoms with Gasteiger partial charge in [-0.2, -0.15) is 5.26 Å². The van der Waals surface area contributed by atoms with Crippen molar-refractivity contribution < 1.29 is 10.2 Å². The van der Waals surface area contributed by atoms with Gasteiger partial charge in [0.15, 0.2) is 0 Å². The molecule has 6 heteroatoms.